The Morgan fingerprint density at radius 3 is 2.54 bits per heavy atom. The fourth-order valence-electron chi connectivity index (χ4n) is 2.57. The lowest BCUT2D eigenvalue weighted by Crippen LogP contribution is -2.30. The number of hydrogen-bond acceptors (Lipinski definition) is 5. The van der Waals surface area contributed by atoms with E-state index in [1.807, 2.05) is 0 Å². The minimum absolute atomic E-state index is 0.104. The smallest absolute Gasteiger partial charge is 0.333 e. The molecule has 0 spiro atoms. The summed E-state index contributed by atoms with van der Waals surface area (Å²) in [5.41, 5.74) is 6.16. The number of ether oxygens (including phenoxy) is 2. The Kier molecular flexibility index (Phi) is 5.51. The molecule has 1 saturated heterocycles. The maximum Gasteiger partial charge on any atom is 0.333 e. The van der Waals surface area contributed by atoms with Crippen molar-refractivity contribution in [3.05, 3.63) is 58.7 Å². The zero-order valence-corrected chi connectivity index (χ0v) is 15.5. The Hall–Kier alpha value is -3.52. The van der Waals surface area contributed by atoms with Crippen molar-refractivity contribution in [3.8, 4) is 11.5 Å². The molecule has 2 aromatic rings. The number of primary amides is 1. The topological polar surface area (TPSA) is 111 Å². The molecule has 1 aliphatic heterocycles. The molecule has 0 aliphatic carbocycles. The van der Waals surface area contributed by atoms with Crippen molar-refractivity contribution < 1.29 is 23.9 Å². The summed E-state index contributed by atoms with van der Waals surface area (Å²) >= 11 is 5.85. The Balaban J connectivity index is 1.85. The van der Waals surface area contributed by atoms with Crippen LogP contribution in [0.4, 0.5) is 10.5 Å². The minimum atomic E-state index is -0.616. The van der Waals surface area contributed by atoms with Crippen molar-refractivity contribution in [2.45, 2.75) is 0 Å². The molecule has 1 fully saturated rings. The van der Waals surface area contributed by atoms with E-state index in [1.54, 1.807) is 42.5 Å². The highest BCUT2D eigenvalue weighted by Gasteiger charge is 2.34. The standard InChI is InChI=1S/C19H16ClN3O5/c1-27-16-9-11(2-7-15(16)28-10-17(21)24)8-14-18(25)23(19(26)22-14)13-5-3-12(20)4-6-13/h2-9H,10H2,1H3,(H2,21,24)(H,22,26)/b14-8+. The second kappa shape index (κ2) is 8.01. The molecule has 4 amide bonds. The quantitative estimate of drug-likeness (QED) is 0.570. The number of amides is 4. The van der Waals surface area contributed by atoms with Crippen LogP contribution >= 0.6 is 11.6 Å². The fourth-order valence-corrected chi connectivity index (χ4v) is 2.69. The maximum atomic E-state index is 12.6. The van der Waals surface area contributed by atoms with Gasteiger partial charge in [0.2, 0.25) is 0 Å². The molecule has 0 bridgehead atoms. The molecule has 3 N–H and O–H groups in total. The van der Waals surface area contributed by atoms with E-state index in [0.717, 1.165) is 4.90 Å². The molecular weight excluding hydrogens is 386 g/mol. The first-order valence-corrected chi connectivity index (χ1v) is 8.48. The van der Waals surface area contributed by atoms with E-state index in [4.69, 9.17) is 26.8 Å². The summed E-state index contributed by atoms with van der Waals surface area (Å²) in [6, 6.07) is 10.6. The highest BCUT2D eigenvalue weighted by atomic mass is 35.5. The summed E-state index contributed by atoms with van der Waals surface area (Å²) in [5.74, 6) is -0.440. The number of anilines is 1. The molecule has 0 atom stereocenters. The average molecular weight is 402 g/mol. The second-order valence-electron chi connectivity index (χ2n) is 5.77. The Morgan fingerprint density at radius 1 is 1.18 bits per heavy atom. The number of urea groups is 1. The van der Waals surface area contributed by atoms with Gasteiger partial charge in [0.25, 0.3) is 11.8 Å². The molecule has 0 radical (unpaired) electrons. The second-order valence-corrected chi connectivity index (χ2v) is 6.21. The molecule has 0 saturated carbocycles. The highest BCUT2D eigenvalue weighted by Crippen LogP contribution is 2.30. The lowest BCUT2D eigenvalue weighted by molar-refractivity contribution is -0.120. The van der Waals surface area contributed by atoms with Crippen LogP contribution < -0.4 is 25.4 Å². The summed E-state index contributed by atoms with van der Waals surface area (Å²) in [5, 5.41) is 3.04. The number of rotatable bonds is 6. The van der Waals surface area contributed by atoms with E-state index in [2.05, 4.69) is 5.32 Å². The third-order valence-corrected chi connectivity index (χ3v) is 4.08. The molecule has 1 heterocycles. The fraction of sp³-hybridized carbons (Fsp3) is 0.105. The van der Waals surface area contributed by atoms with Gasteiger partial charge in [-0.1, -0.05) is 17.7 Å². The van der Waals surface area contributed by atoms with Crippen molar-refractivity contribution in [1.82, 2.24) is 5.32 Å². The zero-order valence-electron chi connectivity index (χ0n) is 14.8. The van der Waals surface area contributed by atoms with Crippen molar-refractivity contribution in [3.63, 3.8) is 0 Å². The molecular formula is C19H16ClN3O5. The summed E-state index contributed by atoms with van der Waals surface area (Å²) in [6.07, 6.45) is 1.51. The molecule has 144 valence electrons. The lowest BCUT2D eigenvalue weighted by atomic mass is 10.1. The number of hydrogen-bond donors (Lipinski definition) is 2. The Labute approximate surface area is 165 Å². The van der Waals surface area contributed by atoms with Gasteiger partial charge in [-0.15, -0.1) is 0 Å². The molecule has 9 heteroatoms. The maximum absolute atomic E-state index is 12.6. The van der Waals surface area contributed by atoms with Gasteiger partial charge in [0.1, 0.15) is 5.70 Å². The van der Waals surface area contributed by atoms with Gasteiger partial charge in [0.05, 0.1) is 12.8 Å². The van der Waals surface area contributed by atoms with Crippen LogP contribution in [-0.2, 0) is 9.59 Å². The molecule has 8 nitrogen and oxygen atoms in total. The predicted octanol–water partition coefficient (Wildman–Crippen LogP) is 2.31. The van der Waals surface area contributed by atoms with Gasteiger partial charge < -0.3 is 20.5 Å². The summed E-state index contributed by atoms with van der Waals surface area (Å²) in [6.45, 7) is -0.290. The highest BCUT2D eigenvalue weighted by molar-refractivity contribution is 6.31. The monoisotopic (exact) mass is 401 g/mol. The first kappa shape index (κ1) is 19.2. The zero-order chi connectivity index (χ0) is 20.3. The van der Waals surface area contributed by atoms with Gasteiger partial charge >= 0.3 is 6.03 Å². The first-order chi connectivity index (χ1) is 13.4. The summed E-state index contributed by atoms with van der Waals surface area (Å²) in [7, 11) is 1.44. The van der Waals surface area contributed by atoms with E-state index in [-0.39, 0.29) is 12.3 Å². The van der Waals surface area contributed by atoms with E-state index >= 15 is 0 Å². The molecule has 1 aliphatic rings. The number of nitrogens with two attached hydrogens (primary N) is 1. The molecule has 3 rings (SSSR count). The van der Waals surface area contributed by atoms with Crippen LogP contribution in [0.5, 0.6) is 11.5 Å². The summed E-state index contributed by atoms with van der Waals surface area (Å²) < 4.78 is 10.5. The number of imide groups is 1. The van der Waals surface area contributed by atoms with Gasteiger partial charge in [-0.3, -0.25) is 9.59 Å². The van der Waals surface area contributed by atoms with E-state index in [9.17, 15) is 14.4 Å². The van der Waals surface area contributed by atoms with Crippen LogP contribution in [0.15, 0.2) is 48.2 Å². The number of carbonyl (C=O) groups excluding carboxylic acids is 3. The van der Waals surface area contributed by atoms with Crippen LogP contribution in [0.1, 0.15) is 5.56 Å². The predicted molar refractivity (Wildman–Crippen MR) is 103 cm³/mol. The largest absolute Gasteiger partial charge is 0.493 e. The molecule has 0 aromatic heterocycles. The lowest BCUT2D eigenvalue weighted by Gasteiger charge is -2.11. The van der Waals surface area contributed by atoms with Crippen molar-refractivity contribution in [2.75, 3.05) is 18.6 Å². The number of benzene rings is 2. The average Bonchev–Trinajstić information content (AvgIpc) is 2.94. The third-order valence-electron chi connectivity index (χ3n) is 3.83. The van der Waals surface area contributed by atoms with Gasteiger partial charge in [0, 0.05) is 5.02 Å². The molecule has 0 unspecified atom stereocenters. The third kappa shape index (κ3) is 4.07. The van der Waals surface area contributed by atoms with Crippen LogP contribution in [0.3, 0.4) is 0 Å². The molecule has 2 aromatic carbocycles. The van der Waals surface area contributed by atoms with Crippen LogP contribution in [0.2, 0.25) is 5.02 Å². The van der Waals surface area contributed by atoms with Crippen LogP contribution in [0, 0.1) is 0 Å². The normalized spacial score (nSPS) is 14.9. The number of nitrogens with one attached hydrogen (secondary N) is 1. The Morgan fingerprint density at radius 2 is 1.89 bits per heavy atom. The minimum Gasteiger partial charge on any atom is -0.493 e. The van der Waals surface area contributed by atoms with Gasteiger partial charge in [-0.2, -0.15) is 0 Å². The number of carbonyl (C=O) groups is 3. The van der Waals surface area contributed by atoms with Crippen LogP contribution in [-0.4, -0.2) is 31.6 Å². The van der Waals surface area contributed by atoms with E-state index in [1.165, 1.54) is 13.2 Å². The van der Waals surface area contributed by atoms with E-state index in [0.29, 0.717) is 27.8 Å². The number of nitrogens with zero attached hydrogens (tertiary/aromatic N) is 1. The number of methoxy groups -OCH3 is 1. The van der Waals surface area contributed by atoms with Gasteiger partial charge in [-0.05, 0) is 48.0 Å². The Bertz CT molecular complexity index is 972. The molecule has 28 heavy (non-hydrogen) atoms. The van der Waals surface area contributed by atoms with Gasteiger partial charge in [-0.25, -0.2) is 9.69 Å². The SMILES string of the molecule is COc1cc(/C=C2/NC(=O)N(c3ccc(Cl)cc3)C2=O)ccc1OCC(N)=O. The van der Waals surface area contributed by atoms with Gasteiger partial charge in [0.15, 0.2) is 18.1 Å². The van der Waals surface area contributed by atoms with Crippen LogP contribution in [0.25, 0.3) is 6.08 Å². The van der Waals surface area contributed by atoms with Crippen molar-refractivity contribution >= 4 is 41.2 Å². The van der Waals surface area contributed by atoms with Crippen molar-refractivity contribution in [2.24, 2.45) is 5.73 Å². The first-order valence-electron chi connectivity index (χ1n) is 8.11. The van der Waals surface area contributed by atoms with Crippen molar-refractivity contribution in [1.29, 1.82) is 0 Å². The van der Waals surface area contributed by atoms with E-state index < -0.39 is 17.8 Å². The number of halogens is 1. The summed E-state index contributed by atoms with van der Waals surface area (Å²) in [4.78, 5) is 36.7.